The van der Waals surface area contributed by atoms with Crippen molar-refractivity contribution < 1.29 is 0 Å². The molecule has 0 aromatic carbocycles. The molecule has 0 fully saturated rings. The van der Waals surface area contributed by atoms with Gasteiger partial charge in [0, 0.05) is 0 Å². The smallest absolute Gasteiger partial charge is 0.0445 e. The van der Waals surface area contributed by atoms with Gasteiger partial charge in [-0.15, -0.1) is 19.7 Å². The average molecular weight is 100 g/mol. The lowest BCUT2D eigenvalue weighted by Gasteiger charge is -1.65. The molecular weight excluding hydrogens is 84.1 g/mol. The van der Waals surface area contributed by atoms with E-state index in [4.69, 9.17) is 0 Å². The van der Waals surface area contributed by atoms with E-state index in [1.165, 1.54) is 5.57 Å². The molecule has 0 nitrogen and oxygen atoms in total. The maximum Gasteiger partial charge on any atom is -0.0445 e. The van der Waals surface area contributed by atoms with Crippen molar-refractivity contribution in [3.05, 3.63) is 25.3 Å². The van der Waals surface area contributed by atoms with Crippen molar-refractivity contribution in [2.24, 2.45) is 0 Å². The zero-order valence-electron chi connectivity index (χ0n) is 4.62. The average Bonchev–Trinajstić information content (AvgIpc) is 1.41. The predicted molar refractivity (Wildman–Crippen MR) is 38.5 cm³/mol. The van der Waals surface area contributed by atoms with Crippen LogP contribution in [0.3, 0.4) is 0 Å². The van der Waals surface area contributed by atoms with Crippen molar-refractivity contribution in [2.45, 2.75) is 21.3 Å². The fourth-order valence-corrected chi connectivity index (χ4v) is 0. The van der Waals surface area contributed by atoms with E-state index in [0.717, 1.165) is 0 Å². The van der Waals surface area contributed by atoms with E-state index in [0.29, 0.717) is 0 Å². The summed E-state index contributed by atoms with van der Waals surface area (Å²) in [6.45, 7) is 13.5. The monoisotopic (exact) mass is 100 g/mol. The second-order valence-electron chi connectivity index (χ2n) is 1.21. The zero-order valence-corrected chi connectivity index (χ0v) is 4.62. The highest BCUT2D eigenvalue weighted by Gasteiger charge is 1.51. The molecule has 0 rings (SSSR count). The van der Waals surface area contributed by atoms with Gasteiger partial charge in [-0.05, 0) is 13.8 Å². The van der Waals surface area contributed by atoms with Gasteiger partial charge in [0.2, 0.25) is 0 Å². The Morgan fingerprint density at radius 1 is 1.14 bits per heavy atom. The summed E-state index contributed by atoms with van der Waals surface area (Å²) in [4.78, 5) is 0. The van der Waals surface area contributed by atoms with Gasteiger partial charge in [0.1, 0.15) is 0 Å². The highest BCUT2D eigenvalue weighted by Crippen LogP contribution is 1.73. The normalized spacial score (nSPS) is 4.29. The molecule has 0 aromatic heterocycles. The molecule has 0 aliphatic heterocycles. The first-order valence-corrected chi connectivity index (χ1v) is 1.85. The van der Waals surface area contributed by atoms with Crippen LogP contribution in [-0.4, -0.2) is 0 Å². The summed E-state index contributed by atoms with van der Waals surface area (Å²) in [5.74, 6) is 0. The zero-order chi connectivity index (χ0) is 5.58. The van der Waals surface area contributed by atoms with E-state index >= 15 is 0 Å². The van der Waals surface area contributed by atoms with E-state index in [9.17, 15) is 0 Å². The van der Waals surface area contributed by atoms with Crippen LogP contribution in [0.15, 0.2) is 25.3 Å². The minimum Gasteiger partial charge on any atom is -0.106 e. The third-order valence-electron chi connectivity index (χ3n) is 0. The Kier molecular flexibility index (Phi) is 41.0. The molecule has 0 saturated carbocycles. The fraction of sp³-hybridized carbons (Fsp3) is 0.429. The van der Waals surface area contributed by atoms with Gasteiger partial charge in [-0.1, -0.05) is 13.0 Å². The van der Waals surface area contributed by atoms with Gasteiger partial charge in [0.15, 0.2) is 0 Å². The first-order chi connectivity index (χ1) is 2.73. The topological polar surface area (TPSA) is 0 Å². The van der Waals surface area contributed by atoms with Gasteiger partial charge in [-0.25, -0.2) is 0 Å². The lowest BCUT2D eigenvalue weighted by atomic mass is 10.4. The molecule has 0 heterocycles. The van der Waals surface area contributed by atoms with Crippen molar-refractivity contribution in [2.75, 3.05) is 0 Å². The van der Waals surface area contributed by atoms with Crippen molar-refractivity contribution >= 4 is 0 Å². The van der Waals surface area contributed by atoms with E-state index in [-0.39, 0.29) is 7.43 Å². The number of allylic oxidation sites excluding steroid dienone is 1. The highest BCUT2D eigenvalue weighted by molar-refractivity contribution is 4.78. The summed E-state index contributed by atoms with van der Waals surface area (Å²) < 4.78 is 0. The lowest BCUT2D eigenvalue weighted by Crippen LogP contribution is -1.43. The number of hydrogen-bond acceptors (Lipinski definition) is 0. The van der Waals surface area contributed by atoms with E-state index in [1.807, 2.05) is 13.8 Å². The molecule has 44 valence electrons. The van der Waals surface area contributed by atoms with Gasteiger partial charge in [0.05, 0.1) is 0 Å². The second-order valence-corrected chi connectivity index (χ2v) is 1.21. The number of rotatable bonds is 0. The van der Waals surface area contributed by atoms with Crippen LogP contribution in [0.2, 0.25) is 0 Å². The van der Waals surface area contributed by atoms with E-state index in [2.05, 4.69) is 19.7 Å². The Morgan fingerprint density at radius 2 is 1.14 bits per heavy atom. The van der Waals surface area contributed by atoms with Crippen LogP contribution in [0.4, 0.5) is 0 Å². The van der Waals surface area contributed by atoms with Crippen molar-refractivity contribution in [3.63, 3.8) is 0 Å². The second kappa shape index (κ2) is 17.9. The number of hydrogen-bond donors (Lipinski definition) is 0. The minimum absolute atomic E-state index is 0. The van der Waals surface area contributed by atoms with Crippen LogP contribution in [0, 0.1) is 0 Å². The SMILES string of the molecule is C.C=C.C=C(C)C. The summed E-state index contributed by atoms with van der Waals surface area (Å²) in [5, 5.41) is 0. The van der Waals surface area contributed by atoms with Gasteiger partial charge >= 0.3 is 0 Å². The summed E-state index contributed by atoms with van der Waals surface area (Å²) >= 11 is 0. The Balaban J connectivity index is -0.0000000480. The maximum atomic E-state index is 3.56. The Labute approximate surface area is 47.6 Å². The van der Waals surface area contributed by atoms with Gasteiger partial charge in [-0.2, -0.15) is 0 Å². The van der Waals surface area contributed by atoms with Crippen molar-refractivity contribution in [3.8, 4) is 0 Å². The van der Waals surface area contributed by atoms with Gasteiger partial charge in [0.25, 0.3) is 0 Å². The summed E-state index contributed by atoms with van der Waals surface area (Å²) in [5.41, 5.74) is 1.17. The first-order valence-electron chi connectivity index (χ1n) is 1.85. The molecule has 0 atom stereocenters. The molecule has 0 amide bonds. The molecular formula is C7H16. The quantitative estimate of drug-likeness (QED) is 0.410. The molecule has 0 spiro atoms. The maximum absolute atomic E-state index is 3.56. The standard InChI is InChI=1S/C4H8.C2H4.CH4/c1-4(2)3;1-2;/h1H2,2-3H3;1-2H2;1H4. The highest BCUT2D eigenvalue weighted by atomic mass is 13.6. The molecule has 0 bridgehead atoms. The van der Waals surface area contributed by atoms with Crippen LogP contribution in [0.5, 0.6) is 0 Å². The van der Waals surface area contributed by atoms with Gasteiger partial charge < -0.3 is 0 Å². The fourth-order valence-electron chi connectivity index (χ4n) is 0. The predicted octanol–water partition coefficient (Wildman–Crippen LogP) is 3.02. The van der Waals surface area contributed by atoms with Crippen molar-refractivity contribution in [1.82, 2.24) is 0 Å². The van der Waals surface area contributed by atoms with E-state index < -0.39 is 0 Å². The largest absolute Gasteiger partial charge is 0.106 e. The van der Waals surface area contributed by atoms with Crippen LogP contribution in [-0.2, 0) is 0 Å². The van der Waals surface area contributed by atoms with Crippen molar-refractivity contribution in [1.29, 1.82) is 0 Å². The first kappa shape index (κ1) is 16.1. The molecule has 0 aliphatic rings. The Morgan fingerprint density at radius 3 is 1.14 bits per heavy atom. The molecule has 0 saturated heterocycles. The molecule has 0 aliphatic carbocycles. The summed E-state index contributed by atoms with van der Waals surface area (Å²) in [7, 11) is 0. The Bertz CT molecular complexity index is 31.3. The Hall–Kier alpha value is -0.520. The molecule has 7 heavy (non-hydrogen) atoms. The molecule has 0 heteroatoms. The summed E-state index contributed by atoms with van der Waals surface area (Å²) in [6.07, 6.45) is 0. The van der Waals surface area contributed by atoms with Crippen LogP contribution >= 0.6 is 0 Å². The molecule has 0 unspecified atom stereocenters. The molecule has 0 aromatic rings. The molecule has 0 N–H and O–H groups in total. The van der Waals surface area contributed by atoms with Crippen LogP contribution in [0.1, 0.15) is 21.3 Å². The molecule has 0 radical (unpaired) electrons. The van der Waals surface area contributed by atoms with Gasteiger partial charge in [-0.3, -0.25) is 0 Å². The summed E-state index contributed by atoms with van der Waals surface area (Å²) in [6, 6.07) is 0. The lowest BCUT2D eigenvalue weighted by molar-refractivity contribution is 1.42. The minimum atomic E-state index is 0. The third-order valence-corrected chi connectivity index (χ3v) is 0. The third kappa shape index (κ3) is 245. The van der Waals surface area contributed by atoms with E-state index in [1.54, 1.807) is 0 Å². The van der Waals surface area contributed by atoms with Crippen LogP contribution < -0.4 is 0 Å². The van der Waals surface area contributed by atoms with Crippen LogP contribution in [0.25, 0.3) is 0 Å².